The van der Waals surface area contributed by atoms with Crippen molar-refractivity contribution in [1.29, 1.82) is 0 Å². The molecule has 3 aromatic heterocycles. The van der Waals surface area contributed by atoms with Crippen LogP contribution in [0.4, 0.5) is 11.5 Å². The highest BCUT2D eigenvalue weighted by molar-refractivity contribution is 7.99. The summed E-state index contributed by atoms with van der Waals surface area (Å²) in [7, 11) is 1.50. The van der Waals surface area contributed by atoms with Gasteiger partial charge in [-0.15, -0.1) is 0 Å². The summed E-state index contributed by atoms with van der Waals surface area (Å²) < 4.78 is 8.27. The van der Waals surface area contributed by atoms with Crippen LogP contribution in [0.1, 0.15) is 13.8 Å². The van der Waals surface area contributed by atoms with Crippen molar-refractivity contribution < 1.29 is 9.53 Å². The molecule has 0 unspecified atom stereocenters. The molecule has 0 fully saturated rings. The summed E-state index contributed by atoms with van der Waals surface area (Å²) in [5, 5.41) is 0.655. The molecule has 10 nitrogen and oxygen atoms in total. The number of imidazole rings is 1. The van der Waals surface area contributed by atoms with Gasteiger partial charge in [0.15, 0.2) is 10.8 Å². The molecule has 0 aromatic carbocycles. The van der Waals surface area contributed by atoms with Gasteiger partial charge in [-0.25, -0.2) is 9.78 Å². The monoisotopic (exact) mass is 446 g/mol. The number of aromatic amines is 1. The molecule has 0 aliphatic rings. The first kappa shape index (κ1) is 22.6. The van der Waals surface area contributed by atoms with Crippen molar-refractivity contribution in [1.82, 2.24) is 18.9 Å². The second-order valence-electron chi connectivity index (χ2n) is 7.36. The summed E-state index contributed by atoms with van der Waals surface area (Å²) in [6, 6.07) is 5.70. The summed E-state index contributed by atoms with van der Waals surface area (Å²) in [6.07, 6.45) is 3.59. The second-order valence-corrected chi connectivity index (χ2v) is 8.30. The number of methoxy groups -OCH3 is 1. The van der Waals surface area contributed by atoms with Crippen LogP contribution in [0.15, 0.2) is 45.3 Å². The molecule has 0 saturated carbocycles. The third-order valence-corrected chi connectivity index (χ3v) is 5.53. The number of amides is 1. The van der Waals surface area contributed by atoms with E-state index in [9.17, 15) is 14.4 Å². The molecule has 3 N–H and O–H groups in total. The molecule has 0 spiro atoms. The number of nitrogen functional groups attached to an aromatic ring is 1. The van der Waals surface area contributed by atoms with Crippen molar-refractivity contribution in [2.45, 2.75) is 25.5 Å². The zero-order valence-corrected chi connectivity index (χ0v) is 18.5. The molecule has 1 amide bonds. The predicted molar refractivity (Wildman–Crippen MR) is 121 cm³/mol. The first-order chi connectivity index (χ1) is 14.8. The van der Waals surface area contributed by atoms with Gasteiger partial charge in [0.05, 0.1) is 24.1 Å². The molecule has 0 aliphatic carbocycles. The Labute approximate surface area is 183 Å². The Bertz CT molecular complexity index is 1180. The highest BCUT2D eigenvalue weighted by Gasteiger charge is 2.25. The second kappa shape index (κ2) is 9.84. The average molecular weight is 447 g/mol. The molecule has 31 heavy (non-hydrogen) atoms. The summed E-state index contributed by atoms with van der Waals surface area (Å²) in [5.41, 5.74) is 5.76. The van der Waals surface area contributed by atoms with Gasteiger partial charge in [0.25, 0.3) is 5.56 Å². The fourth-order valence-electron chi connectivity index (χ4n) is 3.16. The van der Waals surface area contributed by atoms with E-state index >= 15 is 0 Å². The lowest BCUT2D eigenvalue weighted by atomic mass is 10.2. The Hall–Kier alpha value is -3.05. The van der Waals surface area contributed by atoms with Crippen molar-refractivity contribution in [3.8, 4) is 0 Å². The highest BCUT2D eigenvalue weighted by Crippen LogP contribution is 2.22. The molecule has 0 aliphatic heterocycles. The Balaban J connectivity index is 1.91. The number of carbonyl (C=O) groups excluding carboxylic acids is 1. The number of hydrogen-bond donors (Lipinski definition) is 2. The summed E-state index contributed by atoms with van der Waals surface area (Å²) in [4.78, 5) is 45.9. The maximum Gasteiger partial charge on any atom is 0.330 e. The summed E-state index contributed by atoms with van der Waals surface area (Å²) in [6.45, 7) is 4.48. The summed E-state index contributed by atoms with van der Waals surface area (Å²) in [5.74, 6) is -0.240. The normalized spacial score (nSPS) is 11.4. The van der Waals surface area contributed by atoms with E-state index in [0.717, 1.165) is 5.52 Å². The predicted octanol–water partition coefficient (Wildman–Crippen LogP) is 1.19. The minimum Gasteiger partial charge on any atom is -0.383 e. The van der Waals surface area contributed by atoms with E-state index < -0.39 is 11.2 Å². The largest absolute Gasteiger partial charge is 0.383 e. The van der Waals surface area contributed by atoms with Crippen LogP contribution in [0.3, 0.4) is 0 Å². The van der Waals surface area contributed by atoms with Gasteiger partial charge in [0.2, 0.25) is 5.91 Å². The Kier molecular flexibility index (Phi) is 7.18. The third-order valence-electron chi connectivity index (χ3n) is 4.58. The van der Waals surface area contributed by atoms with Crippen LogP contribution >= 0.6 is 11.8 Å². The fourth-order valence-corrected chi connectivity index (χ4v) is 4.00. The maximum atomic E-state index is 13.1. The minimum atomic E-state index is -0.705. The third kappa shape index (κ3) is 5.00. The zero-order valence-electron chi connectivity index (χ0n) is 17.7. The quantitative estimate of drug-likeness (QED) is 0.473. The maximum absolute atomic E-state index is 13.1. The van der Waals surface area contributed by atoms with Crippen molar-refractivity contribution in [2.75, 3.05) is 36.6 Å². The zero-order chi connectivity index (χ0) is 22.5. The Morgan fingerprint density at radius 2 is 2.13 bits per heavy atom. The van der Waals surface area contributed by atoms with E-state index in [1.807, 2.05) is 42.6 Å². The number of aromatic nitrogens is 4. The number of anilines is 2. The van der Waals surface area contributed by atoms with E-state index in [2.05, 4.69) is 9.97 Å². The SMILES string of the molecule is COCCN(C(=O)CSc1ncc2ccccn12)c1c(N)n(CC(C)C)c(=O)[nH]c1=O. The minimum absolute atomic E-state index is 0.0277. The molecule has 0 bridgehead atoms. The summed E-state index contributed by atoms with van der Waals surface area (Å²) >= 11 is 1.25. The van der Waals surface area contributed by atoms with Crippen molar-refractivity contribution in [3.63, 3.8) is 0 Å². The molecule has 3 rings (SSSR count). The van der Waals surface area contributed by atoms with E-state index in [0.29, 0.717) is 11.7 Å². The molecule has 11 heteroatoms. The van der Waals surface area contributed by atoms with Crippen LogP contribution in [0, 0.1) is 5.92 Å². The Morgan fingerprint density at radius 1 is 1.35 bits per heavy atom. The number of pyridine rings is 1. The van der Waals surface area contributed by atoms with E-state index in [-0.39, 0.29) is 42.2 Å². The first-order valence-electron chi connectivity index (χ1n) is 9.80. The number of thioether (sulfide) groups is 1. The first-order valence-corrected chi connectivity index (χ1v) is 10.8. The molecular weight excluding hydrogens is 420 g/mol. The lowest BCUT2D eigenvalue weighted by molar-refractivity contribution is -0.116. The molecule has 3 heterocycles. The number of fused-ring (bicyclic) bond motifs is 1. The van der Waals surface area contributed by atoms with Crippen LogP contribution in [0.25, 0.3) is 5.52 Å². The van der Waals surface area contributed by atoms with Crippen LogP contribution in [-0.4, -0.2) is 50.9 Å². The van der Waals surface area contributed by atoms with Gasteiger partial charge in [-0.3, -0.25) is 23.5 Å². The number of hydrogen-bond acceptors (Lipinski definition) is 7. The van der Waals surface area contributed by atoms with E-state index in [4.69, 9.17) is 10.5 Å². The topological polar surface area (TPSA) is 128 Å². The lowest BCUT2D eigenvalue weighted by Gasteiger charge is -2.24. The molecule has 0 saturated heterocycles. The van der Waals surface area contributed by atoms with E-state index in [1.165, 1.54) is 28.3 Å². The van der Waals surface area contributed by atoms with Gasteiger partial charge in [-0.05, 0) is 18.1 Å². The van der Waals surface area contributed by atoms with Gasteiger partial charge in [-0.1, -0.05) is 31.7 Å². The smallest absolute Gasteiger partial charge is 0.330 e. The Morgan fingerprint density at radius 3 is 2.84 bits per heavy atom. The lowest BCUT2D eigenvalue weighted by Crippen LogP contribution is -2.43. The molecule has 3 aromatic rings. The fraction of sp³-hybridized carbons (Fsp3) is 0.400. The number of nitrogens with two attached hydrogens (primary N) is 1. The van der Waals surface area contributed by atoms with Crippen LogP contribution in [-0.2, 0) is 16.1 Å². The number of H-pyrrole nitrogens is 1. The van der Waals surface area contributed by atoms with Crippen molar-refractivity contribution in [2.24, 2.45) is 5.92 Å². The molecule has 0 radical (unpaired) electrons. The molecular formula is C20H26N6O4S. The van der Waals surface area contributed by atoms with Crippen molar-refractivity contribution in [3.05, 3.63) is 51.4 Å². The van der Waals surface area contributed by atoms with E-state index in [1.54, 1.807) is 6.20 Å². The van der Waals surface area contributed by atoms with Gasteiger partial charge >= 0.3 is 5.69 Å². The number of ether oxygens (including phenoxy) is 1. The highest BCUT2D eigenvalue weighted by atomic mass is 32.2. The number of nitrogens with one attached hydrogen (secondary N) is 1. The van der Waals surface area contributed by atoms with Gasteiger partial charge in [-0.2, -0.15) is 0 Å². The van der Waals surface area contributed by atoms with Crippen LogP contribution in [0.2, 0.25) is 0 Å². The number of rotatable bonds is 9. The number of carbonyl (C=O) groups is 1. The van der Waals surface area contributed by atoms with Crippen LogP contribution < -0.4 is 21.9 Å². The average Bonchev–Trinajstić information content (AvgIpc) is 3.14. The van der Waals surface area contributed by atoms with Crippen molar-refractivity contribution >= 4 is 34.7 Å². The van der Waals surface area contributed by atoms with Gasteiger partial charge in [0, 0.05) is 26.4 Å². The molecule has 166 valence electrons. The van der Waals surface area contributed by atoms with Crippen LogP contribution in [0.5, 0.6) is 0 Å². The number of nitrogens with zero attached hydrogens (tertiary/aromatic N) is 4. The van der Waals surface area contributed by atoms with Gasteiger partial charge < -0.3 is 15.4 Å². The molecule has 0 atom stereocenters. The van der Waals surface area contributed by atoms with Gasteiger partial charge in [0.1, 0.15) is 5.82 Å². The standard InChI is InChI=1S/C20H26N6O4S/c1-13(2)11-26-17(21)16(18(28)23-19(26)29)25(8-9-30-3)15(27)12-31-20-22-10-14-6-4-5-7-24(14)20/h4-7,10,13H,8-9,11-12,21H2,1-3H3,(H,23,28,29).